The Morgan fingerprint density at radius 3 is 2.16 bits per heavy atom. The van der Waals surface area contributed by atoms with Crippen molar-refractivity contribution in [2.24, 2.45) is 0 Å². The normalized spacial score (nSPS) is 11.3. The van der Waals surface area contributed by atoms with Crippen LogP contribution in [0.3, 0.4) is 0 Å². The fourth-order valence-electron chi connectivity index (χ4n) is 1.63. The molecular weight excluding hydrogens is 272 g/mol. The summed E-state index contributed by atoms with van der Waals surface area (Å²) in [5.74, 6) is -4.64. The number of ether oxygens (including phenoxy) is 1. The van der Waals surface area contributed by atoms with Gasteiger partial charge in [-0.25, -0.2) is 14.0 Å². The van der Waals surface area contributed by atoms with Crippen LogP contribution < -0.4 is 0 Å². The Bertz CT molecular complexity index is 549. The summed E-state index contributed by atoms with van der Waals surface area (Å²) in [4.78, 5) is 22.1. The van der Waals surface area contributed by atoms with Crippen LogP contribution in [0.2, 0.25) is 0 Å². The van der Waals surface area contributed by atoms with Gasteiger partial charge in [-0.2, -0.15) is 13.2 Å². The molecule has 0 spiro atoms. The van der Waals surface area contributed by atoms with Gasteiger partial charge in [-0.1, -0.05) is 0 Å². The fourth-order valence-corrected chi connectivity index (χ4v) is 1.63. The number of carboxylic acid groups (broad SMARTS) is 1. The van der Waals surface area contributed by atoms with E-state index >= 15 is 0 Å². The van der Waals surface area contributed by atoms with E-state index in [1.807, 2.05) is 0 Å². The average Bonchev–Trinajstić information content (AvgIpc) is 2.25. The molecule has 0 radical (unpaired) electrons. The van der Waals surface area contributed by atoms with Crippen molar-refractivity contribution in [3.05, 3.63) is 34.1 Å². The topological polar surface area (TPSA) is 63.6 Å². The van der Waals surface area contributed by atoms with Crippen LogP contribution >= 0.6 is 0 Å². The highest BCUT2D eigenvalue weighted by Gasteiger charge is 2.39. The SMILES string of the molecule is COC(=O)c1c(F)cc(C(F)(F)F)c(C(=O)O)c1C. The molecule has 0 aliphatic carbocycles. The molecule has 1 aromatic carbocycles. The second-order valence-corrected chi connectivity index (χ2v) is 3.58. The molecule has 1 N–H and O–H groups in total. The van der Waals surface area contributed by atoms with Gasteiger partial charge in [0.1, 0.15) is 5.82 Å². The van der Waals surface area contributed by atoms with Gasteiger partial charge < -0.3 is 9.84 Å². The molecule has 0 heterocycles. The van der Waals surface area contributed by atoms with E-state index in [0.717, 1.165) is 14.0 Å². The van der Waals surface area contributed by atoms with Gasteiger partial charge >= 0.3 is 18.1 Å². The van der Waals surface area contributed by atoms with Crippen molar-refractivity contribution < 1.29 is 37.0 Å². The van der Waals surface area contributed by atoms with Gasteiger partial charge in [-0.15, -0.1) is 0 Å². The van der Waals surface area contributed by atoms with Crippen molar-refractivity contribution in [2.75, 3.05) is 7.11 Å². The first-order valence-corrected chi connectivity index (χ1v) is 4.83. The zero-order chi connectivity index (χ0) is 15.0. The van der Waals surface area contributed by atoms with E-state index in [0.29, 0.717) is 0 Å². The smallest absolute Gasteiger partial charge is 0.417 e. The predicted molar refractivity (Wildman–Crippen MR) is 54.4 cm³/mol. The van der Waals surface area contributed by atoms with Gasteiger partial charge in [0.15, 0.2) is 0 Å². The number of hydrogen-bond donors (Lipinski definition) is 1. The third kappa shape index (κ3) is 2.67. The maximum absolute atomic E-state index is 13.5. The molecule has 0 bridgehead atoms. The molecule has 0 aromatic heterocycles. The number of esters is 1. The molecule has 1 rings (SSSR count). The zero-order valence-corrected chi connectivity index (χ0v) is 9.76. The number of carbonyl (C=O) groups is 2. The first-order valence-electron chi connectivity index (χ1n) is 4.83. The Balaban J connectivity index is 3.75. The van der Waals surface area contributed by atoms with Crippen LogP contribution in [0.4, 0.5) is 17.6 Å². The Kier molecular flexibility index (Phi) is 3.83. The Morgan fingerprint density at radius 2 is 1.79 bits per heavy atom. The lowest BCUT2D eigenvalue weighted by atomic mass is 9.96. The number of rotatable bonds is 2. The van der Waals surface area contributed by atoms with Crippen LogP contribution in [0.15, 0.2) is 6.07 Å². The second kappa shape index (κ2) is 4.87. The number of halogens is 4. The van der Waals surface area contributed by atoms with Crippen molar-refractivity contribution in [3.8, 4) is 0 Å². The standard InChI is InChI=1S/C11H8F4O4/c1-4-7(9(16)17)5(11(13,14)15)3-6(12)8(4)10(18)19-2/h3H,1-2H3,(H,16,17). The summed E-state index contributed by atoms with van der Waals surface area (Å²) < 4.78 is 55.6. The Labute approximate surface area is 104 Å². The number of benzene rings is 1. The summed E-state index contributed by atoms with van der Waals surface area (Å²) in [6, 6.07) is -0.0251. The summed E-state index contributed by atoms with van der Waals surface area (Å²) in [6.45, 7) is 0.911. The first-order chi connectivity index (χ1) is 8.61. The van der Waals surface area contributed by atoms with Gasteiger partial charge in [0, 0.05) is 0 Å². The van der Waals surface area contributed by atoms with E-state index in [1.54, 1.807) is 0 Å². The lowest BCUT2D eigenvalue weighted by Gasteiger charge is -2.15. The number of carbonyl (C=O) groups excluding carboxylic acids is 1. The summed E-state index contributed by atoms with van der Waals surface area (Å²) >= 11 is 0. The van der Waals surface area contributed by atoms with Gasteiger partial charge in [-0.05, 0) is 18.6 Å². The third-order valence-corrected chi connectivity index (χ3v) is 2.44. The molecule has 104 valence electrons. The van der Waals surface area contributed by atoms with Crippen LogP contribution in [0.1, 0.15) is 31.8 Å². The van der Waals surface area contributed by atoms with Crippen molar-refractivity contribution in [3.63, 3.8) is 0 Å². The van der Waals surface area contributed by atoms with Crippen LogP contribution in [0.5, 0.6) is 0 Å². The lowest BCUT2D eigenvalue weighted by Crippen LogP contribution is -2.19. The molecule has 0 unspecified atom stereocenters. The Hall–Kier alpha value is -2.12. The lowest BCUT2D eigenvalue weighted by molar-refractivity contribution is -0.138. The molecule has 0 aliphatic rings. The second-order valence-electron chi connectivity index (χ2n) is 3.58. The quantitative estimate of drug-likeness (QED) is 0.668. The Morgan fingerprint density at radius 1 is 1.26 bits per heavy atom. The molecule has 0 saturated heterocycles. The van der Waals surface area contributed by atoms with Crippen molar-refractivity contribution in [1.82, 2.24) is 0 Å². The van der Waals surface area contributed by atoms with Gasteiger partial charge in [0.25, 0.3) is 0 Å². The zero-order valence-electron chi connectivity index (χ0n) is 9.76. The number of hydrogen-bond acceptors (Lipinski definition) is 3. The molecule has 0 amide bonds. The summed E-state index contributed by atoms with van der Waals surface area (Å²) in [7, 11) is 0.902. The minimum Gasteiger partial charge on any atom is -0.478 e. The summed E-state index contributed by atoms with van der Waals surface area (Å²) in [5.41, 5.74) is -4.28. The van der Waals surface area contributed by atoms with E-state index in [1.165, 1.54) is 0 Å². The highest BCUT2D eigenvalue weighted by atomic mass is 19.4. The van der Waals surface area contributed by atoms with Crippen LogP contribution in [-0.2, 0) is 10.9 Å². The van der Waals surface area contributed by atoms with Gasteiger partial charge in [0.2, 0.25) is 0 Å². The highest BCUT2D eigenvalue weighted by molar-refractivity contribution is 5.98. The number of carboxylic acids is 1. The van der Waals surface area contributed by atoms with Crippen LogP contribution in [-0.4, -0.2) is 24.2 Å². The third-order valence-electron chi connectivity index (χ3n) is 2.44. The fraction of sp³-hybridized carbons (Fsp3) is 0.273. The van der Waals surface area contributed by atoms with E-state index < -0.39 is 46.2 Å². The summed E-state index contributed by atoms with van der Waals surface area (Å²) in [5, 5.41) is 8.81. The molecule has 0 atom stereocenters. The molecule has 4 nitrogen and oxygen atoms in total. The molecule has 1 aromatic rings. The number of methoxy groups -OCH3 is 1. The maximum Gasteiger partial charge on any atom is 0.417 e. The van der Waals surface area contributed by atoms with E-state index in [9.17, 15) is 27.2 Å². The molecule has 0 saturated carbocycles. The van der Waals surface area contributed by atoms with Crippen LogP contribution in [0, 0.1) is 12.7 Å². The van der Waals surface area contributed by atoms with Crippen LogP contribution in [0.25, 0.3) is 0 Å². The molecule has 0 fully saturated rings. The molecule has 19 heavy (non-hydrogen) atoms. The average molecular weight is 280 g/mol. The molecule has 0 aliphatic heterocycles. The van der Waals surface area contributed by atoms with Crippen molar-refractivity contribution in [1.29, 1.82) is 0 Å². The minimum absolute atomic E-state index is 0.0251. The van der Waals surface area contributed by atoms with E-state index in [2.05, 4.69) is 4.74 Å². The molecular formula is C11H8F4O4. The molecule has 8 heteroatoms. The minimum atomic E-state index is -5.05. The first kappa shape index (κ1) is 14.9. The largest absolute Gasteiger partial charge is 0.478 e. The summed E-state index contributed by atoms with van der Waals surface area (Å²) in [6.07, 6.45) is -5.05. The predicted octanol–water partition coefficient (Wildman–Crippen LogP) is 2.64. The monoisotopic (exact) mass is 280 g/mol. The number of alkyl halides is 3. The number of aromatic carboxylic acids is 1. The van der Waals surface area contributed by atoms with Gasteiger partial charge in [0.05, 0.1) is 23.8 Å². The van der Waals surface area contributed by atoms with Gasteiger partial charge in [-0.3, -0.25) is 0 Å². The van der Waals surface area contributed by atoms with E-state index in [-0.39, 0.29) is 6.07 Å². The van der Waals surface area contributed by atoms with Crippen molar-refractivity contribution >= 4 is 11.9 Å². The highest BCUT2D eigenvalue weighted by Crippen LogP contribution is 2.35. The van der Waals surface area contributed by atoms with E-state index in [4.69, 9.17) is 5.11 Å². The maximum atomic E-state index is 13.5. The van der Waals surface area contributed by atoms with Crippen molar-refractivity contribution in [2.45, 2.75) is 13.1 Å².